The van der Waals surface area contributed by atoms with Crippen LogP contribution >= 0.6 is 0 Å². The highest BCUT2D eigenvalue weighted by molar-refractivity contribution is 5.75. The van der Waals surface area contributed by atoms with Gasteiger partial charge in [-0.25, -0.2) is 0 Å². The van der Waals surface area contributed by atoms with E-state index in [9.17, 15) is 9.59 Å². The van der Waals surface area contributed by atoms with Gasteiger partial charge >= 0.3 is 11.9 Å². The molecular weight excluding hydrogens is 354 g/mol. The molecule has 0 fully saturated rings. The summed E-state index contributed by atoms with van der Waals surface area (Å²) < 4.78 is 11.0. The summed E-state index contributed by atoms with van der Waals surface area (Å²) in [7, 11) is 0. The number of esters is 2. The van der Waals surface area contributed by atoms with E-state index in [2.05, 4.69) is 24.4 Å². The summed E-state index contributed by atoms with van der Waals surface area (Å²) >= 11 is 0. The minimum Gasteiger partial charge on any atom is -0.423 e. The summed E-state index contributed by atoms with van der Waals surface area (Å²) in [5, 5.41) is 3.52. The Kier molecular flexibility index (Phi) is 6.47. The van der Waals surface area contributed by atoms with E-state index in [0.717, 1.165) is 43.5 Å². The molecule has 1 N–H and O–H groups in total. The summed E-state index contributed by atoms with van der Waals surface area (Å²) in [6, 6.07) is 12.2. The Morgan fingerprint density at radius 1 is 1.11 bits per heavy atom. The molecule has 1 aliphatic rings. The molecule has 28 heavy (non-hydrogen) atoms. The van der Waals surface area contributed by atoms with Gasteiger partial charge in [0.05, 0.1) is 0 Å². The molecule has 0 aliphatic carbocycles. The summed E-state index contributed by atoms with van der Waals surface area (Å²) in [6.07, 6.45) is 2.48. The van der Waals surface area contributed by atoms with Gasteiger partial charge in [0.1, 0.15) is 0 Å². The molecule has 1 heterocycles. The molecule has 0 radical (unpaired) electrons. The summed E-state index contributed by atoms with van der Waals surface area (Å²) in [5.41, 5.74) is 4.49. The Morgan fingerprint density at radius 2 is 1.82 bits per heavy atom. The molecule has 1 aliphatic heterocycles. The van der Waals surface area contributed by atoms with Gasteiger partial charge in [0.15, 0.2) is 11.5 Å². The lowest BCUT2D eigenvalue weighted by molar-refractivity contribution is -0.134. The van der Waals surface area contributed by atoms with Crippen LogP contribution in [-0.2, 0) is 22.4 Å². The Balaban J connectivity index is 2.24. The van der Waals surface area contributed by atoms with Gasteiger partial charge < -0.3 is 14.8 Å². The van der Waals surface area contributed by atoms with Gasteiger partial charge in [-0.05, 0) is 42.1 Å². The molecule has 2 aromatic rings. The lowest BCUT2D eigenvalue weighted by Gasteiger charge is -2.24. The van der Waals surface area contributed by atoms with Crippen molar-refractivity contribution in [3.05, 3.63) is 58.7 Å². The second-order valence-corrected chi connectivity index (χ2v) is 7.10. The lowest BCUT2D eigenvalue weighted by Crippen LogP contribution is -2.20. The summed E-state index contributed by atoms with van der Waals surface area (Å²) in [6.45, 7) is 6.47. The molecule has 2 aromatic carbocycles. The van der Waals surface area contributed by atoms with Crippen molar-refractivity contribution in [2.75, 3.05) is 13.1 Å². The van der Waals surface area contributed by atoms with Crippen LogP contribution < -0.4 is 14.8 Å². The number of carbonyl (C=O) groups is 2. The normalized spacial score (nSPS) is 16.0. The highest BCUT2D eigenvalue weighted by atomic mass is 16.6. The molecule has 1 unspecified atom stereocenters. The van der Waals surface area contributed by atoms with Crippen molar-refractivity contribution < 1.29 is 19.1 Å². The summed E-state index contributed by atoms with van der Waals surface area (Å²) in [4.78, 5) is 23.5. The molecule has 1 atom stereocenters. The van der Waals surface area contributed by atoms with Crippen molar-refractivity contribution in [3.63, 3.8) is 0 Å². The SMILES string of the molecule is CCCc1c2c(cc(OC(C)=O)c1OC(C)=O)C(c1ccccc1)CNCC2. The van der Waals surface area contributed by atoms with E-state index >= 15 is 0 Å². The van der Waals surface area contributed by atoms with Crippen LogP contribution in [0.1, 0.15) is 55.4 Å². The minimum absolute atomic E-state index is 0.134. The maximum atomic E-state index is 11.8. The number of hydrogen-bond donors (Lipinski definition) is 1. The monoisotopic (exact) mass is 381 g/mol. The molecule has 0 aromatic heterocycles. The third kappa shape index (κ3) is 4.42. The molecule has 0 saturated heterocycles. The van der Waals surface area contributed by atoms with Crippen molar-refractivity contribution in [2.45, 2.75) is 46.0 Å². The first-order chi connectivity index (χ1) is 13.5. The van der Waals surface area contributed by atoms with Crippen LogP contribution in [-0.4, -0.2) is 25.0 Å². The number of benzene rings is 2. The fourth-order valence-corrected chi connectivity index (χ4v) is 3.91. The zero-order valence-corrected chi connectivity index (χ0v) is 16.7. The quantitative estimate of drug-likeness (QED) is 0.631. The molecule has 148 valence electrons. The van der Waals surface area contributed by atoms with Crippen molar-refractivity contribution in [1.82, 2.24) is 5.32 Å². The highest BCUT2D eigenvalue weighted by Gasteiger charge is 2.28. The molecule has 0 bridgehead atoms. The van der Waals surface area contributed by atoms with Crippen LogP contribution in [0.4, 0.5) is 0 Å². The van der Waals surface area contributed by atoms with Gasteiger partial charge in [-0.3, -0.25) is 9.59 Å². The van der Waals surface area contributed by atoms with Gasteiger partial charge in [-0.2, -0.15) is 0 Å². The van der Waals surface area contributed by atoms with Gasteiger partial charge in [0.2, 0.25) is 0 Å². The first-order valence-corrected chi connectivity index (χ1v) is 9.82. The number of ether oxygens (including phenoxy) is 2. The third-order valence-electron chi connectivity index (χ3n) is 4.97. The average molecular weight is 381 g/mol. The van der Waals surface area contributed by atoms with Crippen LogP contribution in [0.5, 0.6) is 11.5 Å². The van der Waals surface area contributed by atoms with E-state index in [1.807, 2.05) is 24.3 Å². The van der Waals surface area contributed by atoms with Gasteiger partial charge in [-0.1, -0.05) is 43.7 Å². The van der Waals surface area contributed by atoms with Crippen LogP contribution in [0.15, 0.2) is 36.4 Å². The first kappa shape index (κ1) is 20.1. The zero-order valence-electron chi connectivity index (χ0n) is 16.7. The van der Waals surface area contributed by atoms with E-state index in [-0.39, 0.29) is 5.92 Å². The highest BCUT2D eigenvalue weighted by Crippen LogP contribution is 2.42. The zero-order chi connectivity index (χ0) is 20.1. The standard InChI is InChI=1S/C23H27NO4/c1-4-8-19-18-11-12-24-14-21(17-9-6-5-7-10-17)20(18)13-22(27-15(2)25)23(19)28-16(3)26/h5-7,9-10,13,21,24H,4,8,11-12,14H2,1-3H3. The third-order valence-corrected chi connectivity index (χ3v) is 4.97. The number of carbonyl (C=O) groups excluding carboxylic acids is 2. The van der Waals surface area contributed by atoms with Gasteiger partial charge in [0, 0.05) is 31.9 Å². The largest absolute Gasteiger partial charge is 0.423 e. The Hall–Kier alpha value is -2.66. The molecule has 0 saturated carbocycles. The van der Waals surface area contributed by atoms with E-state index in [4.69, 9.17) is 9.47 Å². The predicted octanol–water partition coefficient (Wildman–Crippen LogP) is 3.77. The summed E-state index contributed by atoms with van der Waals surface area (Å²) in [5.74, 6) is -0.00407. The minimum atomic E-state index is -0.432. The van der Waals surface area contributed by atoms with Gasteiger partial charge in [0.25, 0.3) is 0 Å². The second-order valence-electron chi connectivity index (χ2n) is 7.10. The first-order valence-electron chi connectivity index (χ1n) is 9.82. The fourth-order valence-electron chi connectivity index (χ4n) is 3.91. The van der Waals surface area contributed by atoms with Crippen LogP contribution in [0.25, 0.3) is 0 Å². The van der Waals surface area contributed by atoms with Crippen LogP contribution in [0.2, 0.25) is 0 Å². The molecule has 0 amide bonds. The number of nitrogens with one attached hydrogen (secondary N) is 1. The molecule has 5 heteroatoms. The predicted molar refractivity (Wildman–Crippen MR) is 108 cm³/mol. The van der Waals surface area contributed by atoms with Crippen molar-refractivity contribution in [1.29, 1.82) is 0 Å². The average Bonchev–Trinajstić information content (AvgIpc) is 2.87. The maximum absolute atomic E-state index is 11.8. The topological polar surface area (TPSA) is 64.6 Å². The maximum Gasteiger partial charge on any atom is 0.308 e. The number of rotatable bonds is 5. The Morgan fingerprint density at radius 3 is 2.46 bits per heavy atom. The van der Waals surface area contributed by atoms with Crippen molar-refractivity contribution in [3.8, 4) is 11.5 Å². The lowest BCUT2D eigenvalue weighted by atomic mass is 9.84. The molecule has 0 spiro atoms. The van der Waals surface area contributed by atoms with Crippen molar-refractivity contribution >= 4 is 11.9 Å². The Bertz CT molecular complexity index is 861. The van der Waals surface area contributed by atoms with Crippen LogP contribution in [0.3, 0.4) is 0 Å². The fraction of sp³-hybridized carbons (Fsp3) is 0.391. The number of hydrogen-bond acceptors (Lipinski definition) is 5. The Labute approximate surface area is 166 Å². The molecule has 5 nitrogen and oxygen atoms in total. The molecular formula is C23H27NO4. The van der Waals surface area contributed by atoms with Crippen molar-refractivity contribution in [2.24, 2.45) is 0 Å². The number of fused-ring (bicyclic) bond motifs is 1. The smallest absolute Gasteiger partial charge is 0.308 e. The van der Waals surface area contributed by atoms with E-state index in [1.54, 1.807) is 0 Å². The molecule has 3 rings (SSSR count). The van der Waals surface area contributed by atoms with Crippen LogP contribution in [0, 0.1) is 0 Å². The second kappa shape index (κ2) is 9.02. The van der Waals surface area contributed by atoms with Gasteiger partial charge in [-0.15, -0.1) is 0 Å². The van der Waals surface area contributed by atoms with E-state index < -0.39 is 11.9 Å². The van der Waals surface area contributed by atoms with E-state index in [0.29, 0.717) is 11.5 Å². The van der Waals surface area contributed by atoms with E-state index in [1.165, 1.54) is 25.0 Å².